The second-order valence-electron chi connectivity index (χ2n) is 21.6. The Hall–Kier alpha value is -10.7. The van der Waals surface area contributed by atoms with Gasteiger partial charge >= 0.3 is 0 Å². The van der Waals surface area contributed by atoms with E-state index in [2.05, 4.69) is 330 Å². The second kappa shape index (κ2) is 19.6. The number of anilines is 6. The fourth-order valence-electron chi connectivity index (χ4n) is 13.1. The van der Waals surface area contributed by atoms with Crippen LogP contribution in [0.2, 0.25) is 0 Å². The van der Waals surface area contributed by atoms with Crippen LogP contribution in [-0.2, 0) is 0 Å². The molecule has 3 heterocycles. The van der Waals surface area contributed by atoms with E-state index < -0.39 is 0 Å². The molecule has 0 unspecified atom stereocenters. The van der Waals surface area contributed by atoms with E-state index in [0.717, 1.165) is 50.8 Å². The van der Waals surface area contributed by atoms with E-state index >= 15 is 0 Å². The largest absolute Gasteiger partial charge is 0.311 e. The first-order valence-electron chi connectivity index (χ1n) is 28.3. The maximum Gasteiger partial charge on any atom is 0.252 e. The molecule has 0 atom stereocenters. The van der Waals surface area contributed by atoms with Crippen LogP contribution < -0.4 is 26.2 Å². The van der Waals surface area contributed by atoms with Gasteiger partial charge in [-0.25, -0.2) is 0 Å². The van der Waals surface area contributed by atoms with Gasteiger partial charge in [0, 0.05) is 44.9 Å². The Balaban J connectivity index is 1.03. The van der Waals surface area contributed by atoms with E-state index in [-0.39, 0.29) is 6.71 Å². The summed E-state index contributed by atoms with van der Waals surface area (Å²) < 4.78 is 2.55. The number of hydrogen-bond donors (Lipinski definition) is 0. The SMILES string of the molecule is c1ccc(-c2ccc(N3c4ccc(-c5ccccc5)cc4B4c5cc(-c6ccccc6)ccc5N(c5ccc(-c6ccccc6)cc5)c5cc(-n6c7cc(-c8ccccc8)ccc7c7ccc(-c8ccccc8)cc76)cc3c54)cc2)cc1. The van der Waals surface area contributed by atoms with E-state index in [0.29, 0.717) is 0 Å². The average molecular weight is 1040 g/mol. The van der Waals surface area contributed by atoms with Gasteiger partial charge in [0.2, 0.25) is 0 Å². The molecule has 16 rings (SSSR count). The fraction of sp³-hybridized carbons (Fsp3) is 0. The Kier molecular flexibility index (Phi) is 11.3. The quantitative estimate of drug-likeness (QED) is 0.134. The molecule has 82 heavy (non-hydrogen) atoms. The van der Waals surface area contributed by atoms with E-state index in [1.165, 1.54) is 93.9 Å². The highest BCUT2D eigenvalue weighted by molar-refractivity contribution is 7.00. The lowest BCUT2D eigenvalue weighted by Gasteiger charge is -2.44. The summed E-state index contributed by atoms with van der Waals surface area (Å²) in [5, 5.41) is 2.41. The van der Waals surface area contributed by atoms with Crippen LogP contribution in [0.25, 0.3) is 94.3 Å². The molecule has 0 bridgehead atoms. The Morgan fingerprint density at radius 2 is 0.488 bits per heavy atom. The van der Waals surface area contributed by atoms with Crippen molar-refractivity contribution < 1.29 is 0 Å². The number of nitrogens with zero attached hydrogens (tertiary/aromatic N) is 3. The molecule has 4 heteroatoms. The molecule has 13 aromatic carbocycles. The van der Waals surface area contributed by atoms with Crippen LogP contribution in [0.5, 0.6) is 0 Å². The van der Waals surface area contributed by atoms with Crippen molar-refractivity contribution in [1.29, 1.82) is 0 Å². The van der Waals surface area contributed by atoms with Gasteiger partial charge in [0.25, 0.3) is 6.71 Å². The monoisotopic (exact) mass is 1040 g/mol. The summed E-state index contributed by atoms with van der Waals surface area (Å²) in [6, 6.07) is 117. The molecule has 14 aromatic rings. The number of rotatable bonds is 9. The first-order chi connectivity index (χ1) is 40.7. The van der Waals surface area contributed by atoms with Crippen molar-refractivity contribution in [3.8, 4) is 72.4 Å². The number of fused-ring (bicyclic) bond motifs is 7. The summed E-state index contributed by atoms with van der Waals surface area (Å²) in [5.41, 5.74) is 28.1. The molecule has 382 valence electrons. The van der Waals surface area contributed by atoms with Gasteiger partial charge in [-0.3, -0.25) is 0 Å². The van der Waals surface area contributed by atoms with Gasteiger partial charge in [0.1, 0.15) is 0 Å². The topological polar surface area (TPSA) is 11.4 Å². The minimum Gasteiger partial charge on any atom is -0.311 e. The zero-order valence-corrected chi connectivity index (χ0v) is 44.9. The highest BCUT2D eigenvalue weighted by Crippen LogP contribution is 2.48. The van der Waals surface area contributed by atoms with Crippen LogP contribution in [0, 0.1) is 0 Å². The zero-order chi connectivity index (χ0) is 54.1. The summed E-state index contributed by atoms with van der Waals surface area (Å²) in [4.78, 5) is 5.11. The predicted octanol–water partition coefficient (Wildman–Crippen LogP) is 18.9. The van der Waals surface area contributed by atoms with Gasteiger partial charge in [-0.15, -0.1) is 0 Å². The first kappa shape index (κ1) is 47.3. The van der Waals surface area contributed by atoms with E-state index in [1.54, 1.807) is 0 Å². The van der Waals surface area contributed by atoms with E-state index in [1.807, 2.05) is 0 Å². The van der Waals surface area contributed by atoms with E-state index in [9.17, 15) is 0 Å². The van der Waals surface area contributed by atoms with Crippen molar-refractivity contribution in [3.05, 3.63) is 315 Å². The van der Waals surface area contributed by atoms with Crippen LogP contribution in [-0.4, -0.2) is 11.3 Å². The minimum absolute atomic E-state index is 0.136. The van der Waals surface area contributed by atoms with Gasteiger partial charge in [-0.05, 0) is 144 Å². The van der Waals surface area contributed by atoms with Gasteiger partial charge in [0.05, 0.1) is 16.7 Å². The lowest BCUT2D eigenvalue weighted by atomic mass is 9.33. The summed E-state index contributed by atoms with van der Waals surface area (Å²) in [6.45, 7) is -0.136. The van der Waals surface area contributed by atoms with E-state index in [4.69, 9.17) is 0 Å². The Bertz CT molecular complexity index is 4400. The highest BCUT2D eigenvalue weighted by atomic mass is 15.2. The van der Waals surface area contributed by atoms with Crippen LogP contribution in [0.15, 0.2) is 315 Å². The summed E-state index contributed by atoms with van der Waals surface area (Å²) in [5.74, 6) is 0. The number of aromatic nitrogens is 1. The van der Waals surface area contributed by atoms with Crippen LogP contribution in [0.1, 0.15) is 0 Å². The third kappa shape index (κ3) is 7.98. The smallest absolute Gasteiger partial charge is 0.252 e. The molecule has 0 fully saturated rings. The van der Waals surface area contributed by atoms with Crippen molar-refractivity contribution in [2.24, 2.45) is 0 Å². The summed E-state index contributed by atoms with van der Waals surface area (Å²) in [7, 11) is 0. The second-order valence-corrected chi connectivity index (χ2v) is 21.6. The Labute approximate surface area is 478 Å². The standard InChI is InChI=1S/C78H52BN3/c1-7-19-53(20-8-1)59-31-39-65(40-32-59)80-72-45-37-61(55-23-11-3-12-24-55)47-70(72)79-71-48-62(56-25-13-4-14-26-56)38-46-73(71)81(66-41-33-60(34-42-66)54-21-9-2-10-22-54)77-52-67(51-76(80)78(77)79)82-74-49-63(57-27-15-5-16-28-57)35-43-68(74)69-44-36-64(50-75(69)82)58-29-17-6-18-30-58/h1-52H. The fourth-order valence-corrected chi connectivity index (χ4v) is 13.1. The molecule has 1 aromatic heterocycles. The van der Waals surface area contributed by atoms with Crippen LogP contribution >= 0.6 is 0 Å². The maximum absolute atomic E-state index is 2.55. The molecule has 0 saturated heterocycles. The molecular weight excluding hydrogens is 990 g/mol. The predicted molar refractivity (Wildman–Crippen MR) is 347 cm³/mol. The molecule has 0 aliphatic carbocycles. The van der Waals surface area contributed by atoms with Crippen molar-refractivity contribution in [2.75, 3.05) is 9.80 Å². The molecule has 2 aliphatic rings. The average Bonchev–Trinajstić information content (AvgIpc) is 4.07. The molecule has 0 amide bonds. The molecule has 0 N–H and O–H groups in total. The maximum atomic E-state index is 2.55. The zero-order valence-electron chi connectivity index (χ0n) is 44.9. The number of hydrogen-bond acceptors (Lipinski definition) is 2. The van der Waals surface area contributed by atoms with Crippen molar-refractivity contribution >= 4 is 79.0 Å². The van der Waals surface area contributed by atoms with Crippen molar-refractivity contribution in [2.45, 2.75) is 0 Å². The summed E-state index contributed by atoms with van der Waals surface area (Å²) >= 11 is 0. The van der Waals surface area contributed by atoms with Crippen molar-refractivity contribution in [1.82, 2.24) is 4.57 Å². The highest BCUT2D eigenvalue weighted by Gasteiger charge is 2.44. The lowest BCUT2D eigenvalue weighted by Crippen LogP contribution is -2.61. The van der Waals surface area contributed by atoms with Crippen LogP contribution in [0.4, 0.5) is 34.1 Å². The molecule has 2 aliphatic heterocycles. The molecule has 0 radical (unpaired) electrons. The molecule has 0 saturated carbocycles. The Morgan fingerprint density at radius 3 is 0.829 bits per heavy atom. The Morgan fingerprint density at radius 1 is 0.207 bits per heavy atom. The molecule has 0 spiro atoms. The third-order valence-corrected chi connectivity index (χ3v) is 17.0. The van der Waals surface area contributed by atoms with Gasteiger partial charge < -0.3 is 14.4 Å². The lowest BCUT2D eigenvalue weighted by molar-refractivity contribution is 1.16. The normalized spacial score (nSPS) is 12.3. The van der Waals surface area contributed by atoms with Gasteiger partial charge in [0.15, 0.2) is 0 Å². The minimum atomic E-state index is -0.136. The summed E-state index contributed by atoms with van der Waals surface area (Å²) in [6.07, 6.45) is 0. The van der Waals surface area contributed by atoms with Crippen LogP contribution in [0.3, 0.4) is 0 Å². The van der Waals surface area contributed by atoms with Gasteiger partial charge in [-0.1, -0.05) is 255 Å². The number of benzene rings is 13. The van der Waals surface area contributed by atoms with Gasteiger partial charge in [-0.2, -0.15) is 0 Å². The first-order valence-corrected chi connectivity index (χ1v) is 28.3. The molecular formula is C78H52BN3. The van der Waals surface area contributed by atoms with Crippen molar-refractivity contribution in [3.63, 3.8) is 0 Å². The molecule has 3 nitrogen and oxygen atoms in total. The third-order valence-electron chi connectivity index (χ3n) is 17.0.